The molecule has 0 atom stereocenters. The van der Waals surface area contributed by atoms with Crippen LogP contribution < -0.4 is 10.5 Å². The van der Waals surface area contributed by atoms with Gasteiger partial charge in [0.2, 0.25) is 5.90 Å². The lowest BCUT2D eigenvalue weighted by Crippen LogP contribution is -2.34. The van der Waals surface area contributed by atoms with Gasteiger partial charge in [-0.2, -0.15) is 0 Å². The van der Waals surface area contributed by atoms with Crippen LogP contribution in [0.1, 0.15) is 18.4 Å². The van der Waals surface area contributed by atoms with Crippen molar-refractivity contribution in [2.24, 2.45) is 5.92 Å². The molecule has 1 aliphatic rings. The van der Waals surface area contributed by atoms with Crippen molar-refractivity contribution < 1.29 is 9.47 Å². The minimum Gasteiger partial charge on any atom is -0.495 e. The van der Waals surface area contributed by atoms with E-state index in [2.05, 4.69) is 11.9 Å². The van der Waals surface area contributed by atoms with Crippen molar-refractivity contribution >= 4 is 17.5 Å². The van der Waals surface area contributed by atoms with Crippen LogP contribution in [0.3, 0.4) is 0 Å². The molecule has 0 saturated carbocycles. The number of rotatable bonds is 3. The highest BCUT2D eigenvalue weighted by Gasteiger charge is 2.23. The van der Waals surface area contributed by atoms with Gasteiger partial charge in [0.1, 0.15) is 5.75 Å². The van der Waals surface area contributed by atoms with Crippen LogP contribution in [-0.4, -0.2) is 43.9 Å². The van der Waals surface area contributed by atoms with E-state index >= 15 is 0 Å². The molecule has 1 aliphatic heterocycles. The van der Waals surface area contributed by atoms with E-state index in [0.717, 1.165) is 25.9 Å². The quantitative estimate of drug-likeness (QED) is 0.450. The number of nitrogens with two attached hydrogens (primary N) is 1. The first kappa shape index (κ1) is 15.3. The number of methoxy groups -OCH3 is 1. The third-order valence-corrected chi connectivity index (χ3v) is 3.80. The summed E-state index contributed by atoms with van der Waals surface area (Å²) < 4.78 is 10.5. The minimum absolute atomic E-state index is 0.0442. The third-order valence-electron chi connectivity index (χ3n) is 3.80. The van der Waals surface area contributed by atoms with E-state index in [1.54, 1.807) is 18.2 Å². The van der Waals surface area contributed by atoms with Crippen molar-refractivity contribution in [2.45, 2.75) is 12.8 Å². The van der Waals surface area contributed by atoms with Gasteiger partial charge in [0.05, 0.1) is 12.8 Å². The lowest BCUT2D eigenvalue weighted by molar-refractivity contribution is 0.240. The van der Waals surface area contributed by atoms with Crippen molar-refractivity contribution in [1.82, 2.24) is 4.90 Å². The zero-order valence-electron chi connectivity index (χ0n) is 12.5. The van der Waals surface area contributed by atoms with Gasteiger partial charge in [0, 0.05) is 11.5 Å². The van der Waals surface area contributed by atoms with Gasteiger partial charge in [0.15, 0.2) is 5.90 Å². The molecule has 0 aliphatic carbocycles. The summed E-state index contributed by atoms with van der Waals surface area (Å²) in [6, 6.07) is 5.02. The van der Waals surface area contributed by atoms with Gasteiger partial charge < -0.3 is 20.1 Å². The van der Waals surface area contributed by atoms with Crippen molar-refractivity contribution in [3.05, 3.63) is 23.8 Å². The molecule has 1 aromatic carbocycles. The molecule has 1 heterocycles. The number of hydrogen-bond donors (Lipinski definition) is 3. The Labute approximate surface area is 124 Å². The van der Waals surface area contributed by atoms with Gasteiger partial charge in [-0.05, 0) is 51.2 Å². The predicted molar refractivity (Wildman–Crippen MR) is 83.3 cm³/mol. The van der Waals surface area contributed by atoms with Crippen molar-refractivity contribution in [2.75, 3.05) is 33.0 Å². The second-order valence-corrected chi connectivity index (χ2v) is 5.33. The number of nitrogens with one attached hydrogen (secondary N) is 2. The fourth-order valence-electron chi connectivity index (χ4n) is 2.38. The first-order valence-electron chi connectivity index (χ1n) is 6.98. The molecule has 0 unspecified atom stereocenters. The second-order valence-electron chi connectivity index (χ2n) is 5.33. The van der Waals surface area contributed by atoms with E-state index in [1.807, 2.05) is 0 Å². The van der Waals surface area contributed by atoms with Gasteiger partial charge in [-0.15, -0.1) is 0 Å². The third kappa shape index (κ3) is 3.72. The molecule has 21 heavy (non-hydrogen) atoms. The maximum absolute atomic E-state index is 8.03. The average Bonchev–Trinajstić information content (AvgIpc) is 2.48. The number of nitrogen functional groups attached to an aromatic ring is 1. The monoisotopic (exact) mass is 290 g/mol. The summed E-state index contributed by atoms with van der Waals surface area (Å²) in [7, 11) is 3.60. The molecule has 2 rings (SSSR count). The van der Waals surface area contributed by atoms with E-state index in [1.165, 1.54) is 7.11 Å². The molecule has 1 fully saturated rings. The first-order chi connectivity index (χ1) is 10.0. The lowest BCUT2D eigenvalue weighted by atomic mass is 9.97. The Bertz CT molecular complexity index is 536. The van der Waals surface area contributed by atoms with E-state index in [9.17, 15) is 0 Å². The van der Waals surface area contributed by atoms with Gasteiger partial charge >= 0.3 is 0 Å². The highest BCUT2D eigenvalue weighted by molar-refractivity contribution is 6.00. The maximum atomic E-state index is 8.03. The van der Waals surface area contributed by atoms with E-state index in [0.29, 0.717) is 17.0 Å². The summed E-state index contributed by atoms with van der Waals surface area (Å²) in [6.45, 7) is 1.92. The molecule has 0 bridgehead atoms. The average molecular weight is 290 g/mol. The van der Waals surface area contributed by atoms with E-state index in [4.69, 9.17) is 26.0 Å². The van der Waals surface area contributed by atoms with Crippen LogP contribution in [0.25, 0.3) is 0 Å². The van der Waals surface area contributed by atoms with Crippen molar-refractivity contribution in [1.29, 1.82) is 10.8 Å². The SMILES string of the molecule is COc1cc(C(=N)OC(=N)C2CCN(C)CC2)ccc1N. The number of benzene rings is 1. The number of anilines is 1. The number of piperidine rings is 1. The Balaban J connectivity index is 1.99. The molecule has 6 nitrogen and oxygen atoms in total. The van der Waals surface area contributed by atoms with E-state index in [-0.39, 0.29) is 17.7 Å². The number of hydrogen-bond acceptors (Lipinski definition) is 6. The molecule has 0 amide bonds. The summed E-state index contributed by atoms with van der Waals surface area (Å²) in [6.07, 6.45) is 1.79. The Morgan fingerprint density at radius 2 is 1.95 bits per heavy atom. The Kier molecular flexibility index (Phi) is 4.80. The van der Waals surface area contributed by atoms with Crippen LogP contribution >= 0.6 is 0 Å². The van der Waals surface area contributed by atoms with Crippen LogP contribution in [0.4, 0.5) is 5.69 Å². The summed E-state index contributed by atoms with van der Waals surface area (Å²) in [5.41, 5.74) is 6.82. The molecule has 114 valence electrons. The van der Waals surface area contributed by atoms with Gasteiger partial charge in [-0.25, -0.2) is 0 Å². The molecule has 0 radical (unpaired) electrons. The Morgan fingerprint density at radius 1 is 1.29 bits per heavy atom. The zero-order chi connectivity index (χ0) is 15.4. The van der Waals surface area contributed by atoms with E-state index < -0.39 is 0 Å². The molecule has 1 saturated heterocycles. The maximum Gasteiger partial charge on any atom is 0.221 e. The predicted octanol–water partition coefficient (Wildman–Crippen LogP) is 1.94. The Morgan fingerprint density at radius 3 is 2.57 bits per heavy atom. The molecule has 4 N–H and O–H groups in total. The first-order valence-corrected chi connectivity index (χ1v) is 6.98. The fourth-order valence-corrected chi connectivity index (χ4v) is 2.38. The highest BCUT2D eigenvalue weighted by atomic mass is 16.5. The van der Waals surface area contributed by atoms with Crippen molar-refractivity contribution in [3.63, 3.8) is 0 Å². The van der Waals surface area contributed by atoms with Crippen LogP contribution in [-0.2, 0) is 4.74 Å². The van der Waals surface area contributed by atoms with Gasteiger partial charge in [-0.1, -0.05) is 0 Å². The summed E-state index contributed by atoms with van der Waals surface area (Å²) >= 11 is 0. The second kappa shape index (κ2) is 6.58. The number of nitrogens with zero attached hydrogens (tertiary/aromatic N) is 1. The van der Waals surface area contributed by atoms with Gasteiger partial charge in [0.25, 0.3) is 0 Å². The van der Waals surface area contributed by atoms with Crippen molar-refractivity contribution in [3.8, 4) is 5.75 Å². The fraction of sp³-hybridized carbons (Fsp3) is 0.467. The largest absolute Gasteiger partial charge is 0.495 e. The number of likely N-dealkylation sites (tertiary alicyclic amines) is 1. The van der Waals surface area contributed by atoms with Crippen LogP contribution in [0.2, 0.25) is 0 Å². The standard InChI is InChI=1S/C15H22N4O2/c1-19-7-5-10(6-8-19)14(17)21-15(18)11-3-4-12(16)13(9-11)20-2/h3-4,9-10,17-18H,5-8,16H2,1-2H3. The smallest absolute Gasteiger partial charge is 0.221 e. The molecular weight excluding hydrogens is 268 g/mol. The van der Waals surface area contributed by atoms with Gasteiger partial charge in [-0.3, -0.25) is 10.8 Å². The number of ether oxygens (including phenoxy) is 2. The molecule has 1 aromatic rings. The van der Waals surface area contributed by atoms with Crippen LogP contribution in [0.15, 0.2) is 18.2 Å². The Hall–Kier alpha value is -2.08. The lowest BCUT2D eigenvalue weighted by Gasteiger charge is -2.28. The topological polar surface area (TPSA) is 95.4 Å². The summed E-state index contributed by atoms with van der Waals surface area (Å²) in [4.78, 5) is 2.24. The molecular formula is C15H22N4O2. The highest BCUT2D eigenvalue weighted by Crippen LogP contribution is 2.23. The molecule has 0 aromatic heterocycles. The minimum atomic E-state index is -0.0442. The summed E-state index contributed by atoms with van der Waals surface area (Å²) in [5.74, 6) is 0.727. The molecule has 0 spiro atoms. The van der Waals surface area contributed by atoms with Crippen LogP contribution in [0, 0.1) is 16.7 Å². The summed E-state index contributed by atoms with van der Waals surface area (Å²) in [5, 5.41) is 16.0. The molecule has 6 heteroatoms. The van der Waals surface area contributed by atoms with Crippen LogP contribution in [0.5, 0.6) is 5.75 Å². The normalized spacial score (nSPS) is 16.5. The zero-order valence-corrected chi connectivity index (χ0v) is 12.5.